The van der Waals surface area contributed by atoms with E-state index in [1.165, 1.54) is 24.1 Å². The van der Waals surface area contributed by atoms with Gasteiger partial charge in [-0.05, 0) is 36.5 Å². The second-order valence-electron chi connectivity index (χ2n) is 5.24. The first-order valence-corrected chi connectivity index (χ1v) is 7.94. The SMILES string of the molecule is N#CC(CNCc1cc2c(s1)CCC2)c1ccccc1. The number of rotatable bonds is 5. The Morgan fingerprint density at radius 1 is 1.25 bits per heavy atom. The van der Waals surface area contributed by atoms with Crippen LogP contribution in [0.4, 0.5) is 0 Å². The van der Waals surface area contributed by atoms with Crippen molar-refractivity contribution in [2.75, 3.05) is 6.54 Å². The number of fused-ring (bicyclic) bond motifs is 1. The second-order valence-corrected chi connectivity index (χ2v) is 6.46. The van der Waals surface area contributed by atoms with Crippen molar-refractivity contribution in [2.24, 2.45) is 0 Å². The average Bonchev–Trinajstić information content (AvgIpc) is 3.05. The quantitative estimate of drug-likeness (QED) is 0.909. The van der Waals surface area contributed by atoms with Crippen molar-refractivity contribution in [3.63, 3.8) is 0 Å². The van der Waals surface area contributed by atoms with Gasteiger partial charge in [-0.15, -0.1) is 11.3 Å². The maximum Gasteiger partial charge on any atom is 0.0837 e. The second kappa shape index (κ2) is 6.21. The van der Waals surface area contributed by atoms with E-state index in [9.17, 15) is 5.26 Å². The summed E-state index contributed by atoms with van der Waals surface area (Å²) in [5, 5.41) is 12.7. The van der Waals surface area contributed by atoms with Crippen LogP contribution in [0.3, 0.4) is 0 Å². The van der Waals surface area contributed by atoms with E-state index in [4.69, 9.17) is 0 Å². The van der Waals surface area contributed by atoms with Gasteiger partial charge in [0.05, 0.1) is 12.0 Å². The molecule has 0 saturated heterocycles. The lowest BCUT2D eigenvalue weighted by molar-refractivity contribution is 0.657. The van der Waals surface area contributed by atoms with Crippen molar-refractivity contribution in [1.29, 1.82) is 5.26 Å². The molecule has 0 bridgehead atoms. The maximum absolute atomic E-state index is 9.28. The molecule has 0 radical (unpaired) electrons. The van der Waals surface area contributed by atoms with Crippen molar-refractivity contribution >= 4 is 11.3 Å². The van der Waals surface area contributed by atoms with Crippen molar-refractivity contribution in [1.82, 2.24) is 5.32 Å². The van der Waals surface area contributed by atoms with Gasteiger partial charge in [0.25, 0.3) is 0 Å². The van der Waals surface area contributed by atoms with Gasteiger partial charge >= 0.3 is 0 Å². The molecule has 1 N–H and O–H groups in total. The van der Waals surface area contributed by atoms with Gasteiger partial charge in [-0.1, -0.05) is 30.3 Å². The Morgan fingerprint density at radius 2 is 2.10 bits per heavy atom. The number of hydrogen-bond donors (Lipinski definition) is 1. The van der Waals surface area contributed by atoms with E-state index < -0.39 is 0 Å². The fourth-order valence-corrected chi connectivity index (χ4v) is 3.97. The van der Waals surface area contributed by atoms with Crippen LogP contribution in [0.5, 0.6) is 0 Å². The standard InChI is InChI=1S/C17H18N2S/c18-10-15(13-5-2-1-3-6-13)11-19-12-16-9-14-7-4-8-17(14)20-16/h1-3,5-6,9,15,19H,4,7-8,11-12H2. The van der Waals surface area contributed by atoms with Crippen molar-refractivity contribution in [2.45, 2.75) is 31.7 Å². The zero-order valence-electron chi connectivity index (χ0n) is 11.4. The van der Waals surface area contributed by atoms with Gasteiger partial charge < -0.3 is 5.32 Å². The molecule has 2 nitrogen and oxygen atoms in total. The highest BCUT2D eigenvalue weighted by molar-refractivity contribution is 7.12. The summed E-state index contributed by atoms with van der Waals surface area (Å²) in [6.45, 7) is 1.59. The minimum atomic E-state index is -0.0667. The Kier molecular flexibility index (Phi) is 4.15. The highest BCUT2D eigenvalue weighted by atomic mass is 32.1. The summed E-state index contributed by atoms with van der Waals surface area (Å²) in [5.74, 6) is -0.0667. The molecule has 0 fully saturated rings. The molecule has 3 rings (SSSR count). The molecule has 0 saturated carbocycles. The van der Waals surface area contributed by atoms with E-state index in [2.05, 4.69) is 17.5 Å². The molecule has 102 valence electrons. The molecule has 1 aliphatic rings. The van der Waals surface area contributed by atoms with Crippen LogP contribution in [-0.4, -0.2) is 6.54 Å². The summed E-state index contributed by atoms with van der Waals surface area (Å²) in [5.41, 5.74) is 2.64. The summed E-state index contributed by atoms with van der Waals surface area (Å²) in [4.78, 5) is 2.97. The average molecular weight is 282 g/mol. The summed E-state index contributed by atoms with van der Waals surface area (Å²) in [7, 11) is 0. The Hall–Kier alpha value is -1.63. The molecule has 1 heterocycles. The Balaban J connectivity index is 1.55. The lowest BCUT2D eigenvalue weighted by Gasteiger charge is -2.10. The molecule has 1 aromatic carbocycles. The summed E-state index contributed by atoms with van der Waals surface area (Å²) >= 11 is 1.93. The molecular formula is C17H18N2S. The normalized spacial score (nSPS) is 14.8. The van der Waals surface area contributed by atoms with E-state index in [0.29, 0.717) is 6.54 Å². The van der Waals surface area contributed by atoms with Gasteiger partial charge in [-0.3, -0.25) is 0 Å². The third-order valence-corrected chi connectivity index (χ3v) is 5.04. The molecule has 0 spiro atoms. The largest absolute Gasteiger partial charge is 0.310 e. The lowest BCUT2D eigenvalue weighted by Crippen LogP contribution is -2.20. The van der Waals surface area contributed by atoms with Gasteiger partial charge in [-0.2, -0.15) is 5.26 Å². The van der Waals surface area contributed by atoms with Crippen LogP contribution in [0.25, 0.3) is 0 Å². The number of benzene rings is 1. The first-order valence-electron chi connectivity index (χ1n) is 7.12. The van der Waals surface area contributed by atoms with E-state index in [-0.39, 0.29) is 5.92 Å². The molecule has 0 aliphatic heterocycles. The highest BCUT2D eigenvalue weighted by Gasteiger charge is 2.15. The molecule has 20 heavy (non-hydrogen) atoms. The Bertz CT molecular complexity index is 588. The monoisotopic (exact) mass is 282 g/mol. The van der Waals surface area contributed by atoms with Crippen LogP contribution in [-0.2, 0) is 19.4 Å². The number of hydrogen-bond acceptors (Lipinski definition) is 3. The predicted octanol–water partition coefficient (Wildman–Crippen LogP) is 3.63. The van der Waals surface area contributed by atoms with Crippen LogP contribution in [0, 0.1) is 11.3 Å². The Morgan fingerprint density at radius 3 is 2.85 bits per heavy atom. The van der Waals surface area contributed by atoms with Gasteiger partial charge in [0, 0.05) is 22.8 Å². The fourth-order valence-electron chi connectivity index (χ4n) is 2.74. The highest BCUT2D eigenvalue weighted by Crippen LogP contribution is 2.30. The number of nitriles is 1. The van der Waals surface area contributed by atoms with Gasteiger partial charge in [-0.25, -0.2) is 0 Å². The third kappa shape index (κ3) is 2.92. The number of thiophene rings is 1. The van der Waals surface area contributed by atoms with Crippen molar-refractivity contribution < 1.29 is 0 Å². The van der Waals surface area contributed by atoms with Crippen LogP contribution in [0.15, 0.2) is 36.4 Å². The molecular weight excluding hydrogens is 264 g/mol. The minimum Gasteiger partial charge on any atom is -0.310 e. The van der Waals surface area contributed by atoms with E-state index in [1.54, 1.807) is 10.4 Å². The van der Waals surface area contributed by atoms with Gasteiger partial charge in [0.2, 0.25) is 0 Å². The van der Waals surface area contributed by atoms with Crippen molar-refractivity contribution in [3.8, 4) is 6.07 Å². The minimum absolute atomic E-state index is 0.0667. The smallest absolute Gasteiger partial charge is 0.0837 e. The summed E-state index contributed by atoms with van der Waals surface area (Å²) in [6.07, 6.45) is 3.82. The molecule has 1 unspecified atom stereocenters. The van der Waals surface area contributed by atoms with Gasteiger partial charge in [0.15, 0.2) is 0 Å². The summed E-state index contributed by atoms with van der Waals surface area (Å²) in [6, 6.07) is 14.7. The molecule has 3 heteroatoms. The van der Waals surface area contributed by atoms with Gasteiger partial charge in [0.1, 0.15) is 0 Å². The summed E-state index contributed by atoms with van der Waals surface area (Å²) < 4.78 is 0. The molecule has 0 amide bonds. The van der Waals surface area contributed by atoms with E-state index in [0.717, 1.165) is 12.1 Å². The van der Waals surface area contributed by atoms with Crippen LogP contribution in [0.2, 0.25) is 0 Å². The Labute approximate surface area is 124 Å². The van der Waals surface area contributed by atoms with Crippen LogP contribution in [0.1, 0.15) is 33.2 Å². The zero-order chi connectivity index (χ0) is 13.8. The van der Waals surface area contributed by atoms with E-state index in [1.807, 2.05) is 41.7 Å². The zero-order valence-corrected chi connectivity index (χ0v) is 12.2. The first-order chi connectivity index (χ1) is 9.86. The number of nitrogens with zero attached hydrogens (tertiary/aromatic N) is 1. The van der Waals surface area contributed by atoms with Crippen molar-refractivity contribution in [3.05, 3.63) is 57.3 Å². The fraction of sp³-hybridized carbons (Fsp3) is 0.353. The number of nitrogens with one attached hydrogen (secondary N) is 1. The maximum atomic E-state index is 9.28. The molecule has 1 aliphatic carbocycles. The van der Waals surface area contributed by atoms with E-state index >= 15 is 0 Å². The third-order valence-electron chi connectivity index (χ3n) is 3.80. The van der Waals surface area contributed by atoms with Crippen LogP contribution >= 0.6 is 11.3 Å². The molecule has 1 atom stereocenters. The number of aryl methyl sites for hydroxylation is 2. The predicted molar refractivity (Wildman–Crippen MR) is 82.8 cm³/mol. The molecule has 2 aromatic rings. The first kappa shape index (κ1) is 13.4. The van der Waals surface area contributed by atoms with Crippen LogP contribution < -0.4 is 5.32 Å². The lowest BCUT2D eigenvalue weighted by atomic mass is 10.0. The molecule has 1 aromatic heterocycles. The topological polar surface area (TPSA) is 35.8 Å².